The van der Waals surface area contributed by atoms with E-state index in [-0.39, 0.29) is 17.5 Å². The summed E-state index contributed by atoms with van der Waals surface area (Å²) in [7, 11) is 0. The van der Waals surface area contributed by atoms with Gasteiger partial charge in [0, 0.05) is 12.6 Å². The number of carbonyl (C=O) groups is 2. The number of hydrogen-bond donors (Lipinski definition) is 0. The van der Waals surface area contributed by atoms with E-state index in [1.165, 1.54) is 12.3 Å². The van der Waals surface area contributed by atoms with Crippen LogP contribution in [0.5, 0.6) is 0 Å². The molecule has 112 valence electrons. The number of carbonyl (C=O) groups excluding carboxylic acids is 2. The summed E-state index contributed by atoms with van der Waals surface area (Å²) in [5, 5.41) is 0. The summed E-state index contributed by atoms with van der Waals surface area (Å²) >= 11 is 0. The maximum atomic E-state index is 12.2. The number of ketones is 1. The van der Waals surface area contributed by atoms with Gasteiger partial charge in [0.2, 0.25) is 0 Å². The molecule has 1 heterocycles. The Labute approximate surface area is 119 Å². The zero-order valence-electron chi connectivity index (χ0n) is 12.4. The minimum Gasteiger partial charge on any atom is -0.501 e. The summed E-state index contributed by atoms with van der Waals surface area (Å²) in [4.78, 5) is 25.8. The third-order valence-corrected chi connectivity index (χ3v) is 4.23. The van der Waals surface area contributed by atoms with Crippen molar-refractivity contribution in [3.05, 3.63) is 12.3 Å². The molecule has 1 aliphatic carbocycles. The highest BCUT2D eigenvalue weighted by Crippen LogP contribution is 2.46. The van der Waals surface area contributed by atoms with Crippen molar-refractivity contribution >= 4 is 11.9 Å². The predicted octanol–water partition coefficient (Wildman–Crippen LogP) is 2.51. The second-order valence-corrected chi connectivity index (χ2v) is 5.80. The predicted molar refractivity (Wildman–Crippen MR) is 74.2 cm³/mol. The number of hydrogen-bond acceptors (Lipinski definition) is 4. The molecule has 2 rings (SSSR count). The third kappa shape index (κ3) is 3.14. The summed E-state index contributed by atoms with van der Waals surface area (Å²) in [5.74, 6) is 0.308. The maximum Gasteiger partial charge on any atom is 0.410 e. The molecule has 0 radical (unpaired) electrons. The molecule has 3 unspecified atom stereocenters. The Morgan fingerprint density at radius 3 is 2.75 bits per heavy atom. The Hall–Kier alpha value is -1.52. The third-order valence-electron chi connectivity index (χ3n) is 4.23. The molecule has 5 nitrogen and oxygen atoms in total. The Kier molecular flexibility index (Phi) is 4.35. The van der Waals surface area contributed by atoms with Crippen LogP contribution in [-0.2, 0) is 14.3 Å². The van der Waals surface area contributed by atoms with Crippen molar-refractivity contribution in [2.24, 2.45) is 5.92 Å². The number of nitrogens with zero attached hydrogens (tertiary/aromatic N) is 1. The van der Waals surface area contributed by atoms with Gasteiger partial charge in [0.25, 0.3) is 0 Å². The summed E-state index contributed by atoms with van der Waals surface area (Å²) in [6.45, 7) is 6.96. The molecule has 0 aromatic carbocycles. The molecule has 1 amide bonds. The van der Waals surface area contributed by atoms with Gasteiger partial charge in [-0.1, -0.05) is 6.92 Å². The van der Waals surface area contributed by atoms with Gasteiger partial charge < -0.3 is 9.47 Å². The van der Waals surface area contributed by atoms with E-state index in [2.05, 4.69) is 6.92 Å². The fourth-order valence-corrected chi connectivity index (χ4v) is 2.55. The number of likely N-dealkylation sites (tertiary alicyclic amines) is 1. The minimum absolute atomic E-state index is 0.0955. The van der Waals surface area contributed by atoms with Crippen LogP contribution in [0.3, 0.4) is 0 Å². The fraction of sp³-hybridized carbons (Fsp3) is 0.733. The van der Waals surface area contributed by atoms with Crippen LogP contribution in [0.1, 0.15) is 40.0 Å². The minimum atomic E-state index is -0.406. The first kappa shape index (κ1) is 14.9. The first-order valence-electron chi connectivity index (χ1n) is 7.29. The van der Waals surface area contributed by atoms with Gasteiger partial charge >= 0.3 is 6.09 Å². The number of ether oxygens (including phenoxy) is 2. The van der Waals surface area contributed by atoms with Gasteiger partial charge in [0.05, 0.1) is 18.9 Å². The Morgan fingerprint density at radius 1 is 1.45 bits per heavy atom. The molecular formula is C15H23NO4. The highest BCUT2D eigenvalue weighted by atomic mass is 16.6. The molecule has 1 saturated heterocycles. The van der Waals surface area contributed by atoms with Crippen molar-refractivity contribution in [1.29, 1.82) is 0 Å². The highest BCUT2D eigenvalue weighted by Gasteiger charge is 2.52. The summed E-state index contributed by atoms with van der Waals surface area (Å²) in [6, 6.07) is -0.406. The van der Waals surface area contributed by atoms with Crippen molar-refractivity contribution in [2.45, 2.75) is 51.7 Å². The van der Waals surface area contributed by atoms with E-state index in [1.54, 1.807) is 4.90 Å². The van der Waals surface area contributed by atoms with Crippen molar-refractivity contribution in [1.82, 2.24) is 4.90 Å². The summed E-state index contributed by atoms with van der Waals surface area (Å²) in [5.41, 5.74) is -0.339. The largest absolute Gasteiger partial charge is 0.501 e. The van der Waals surface area contributed by atoms with Crippen LogP contribution in [0.25, 0.3) is 0 Å². The average molecular weight is 281 g/mol. The Balaban J connectivity index is 1.93. The molecule has 0 aromatic rings. The molecule has 2 fully saturated rings. The van der Waals surface area contributed by atoms with E-state index >= 15 is 0 Å². The molecule has 0 bridgehead atoms. The lowest BCUT2D eigenvalue weighted by molar-refractivity contribution is -0.118. The lowest BCUT2D eigenvalue weighted by Gasteiger charge is -2.24. The van der Waals surface area contributed by atoms with Gasteiger partial charge in [0.1, 0.15) is 5.60 Å². The molecular weight excluding hydrogens is 258 g/mol. The van der Waals surface area contributed by atoms with Crippen LogP contribution in [0, 0.1) is 5.92 Å². The average Bonchev–Trinajstić information content (AvgIpc) is 2.83. The van der Waals surface area contributed by atoms with Gasteiger partial charge in [0.15, 0.2) is 5.78 Å². The monoisotopic (exact) mass is 281 g/mol. The van der Waals surface area contributed by atoms with Gasteiger partial charge in [-0.3, -0.25) is 9.69 Å². The number of amides is 1. The van der Waals surface area contributed by atoms with Crippen LogP contribution in [-0.4, -0.2) is 41.6 Å². The Bertz CT molecular complexity index is 420. The van der Waals surface area contributed by atoms with Crippen LogP contribution in [0.15, 0.2) is 12.3 Å². The maximum absolute atomic E-state index is 12.2. The molecule has 1 aliphatic heterocycles. The van der Waals surface area contributed by atoms with Crippen LogP contribution in [0.2, 0.25) is 0 Å². The first-order chi connectivity index (χ1) is 9.48. The van der Waals surface area contributed by atoms with Gasteiger partial charge in [-0.15, -0.1) is 0 Å². The molecule has 1 saturated carbocycles. The van der Waals surface area contributed by atoms with Crippen LogP contribution in [0.4, 0.5) is 4.79 Å². The van der Waals surface area contributed by atoms with Gasteiger partial charge in [-0.2, -0.15) is 0 Å². The molecule has 20 heavy (non-hydrogen) atoms. The second-order valence-electron chi connectivity index (χ2n) is 5.80. The van der Waals surface area contributed by atoms with Crippen molar-refractivity contribution < 1.29 is 19.1 Å². The van der Waals surface area contributed by atoms with Crippen molar-refractivity contribution in [2.75, 3.05) is 13.2 Å². The summed E-state index contributed by atoms with van der Waals surface area (Å²) < 4.78 is 10.6. The zero-order valence-corrected chi connectivity index (χ0v) is 12.4. The van der Waals surface area contributed by atoms with E-state index in [4.69, 9.17) is 9.47 Å². The number of rotatable bonds is 5. The molecule has 0 N–H and O–H groups in total. The highest BCUT2D eigenvalue weighted by molar-refractivity contribution is 5.96. The quantitative estimate of drug-likeness (QED) is 0.574. The first-order valence-corrected chi connectivity index (χ1v) is 7.29. The summed E-state index contributed by atoms with van der Waals surface area (Å²) in [6.07, 6.45) is 4.86. The van der Waals surface area contributed by atoms with Crippen molar-refractivity contribution in [3.63, 3.8) is 0 Å². The van der Waals surface area contributed by atoms with Gasteiger partial charge in [-0.25, -0.2) is 4.79 Å². The normalized spacial score (nSPS) is 32.5. The SMILES string of the molecule is CCO/C=C\C(=O)C1CCCN1C(=O)OC1(C)CC1C. The second kappa shape index (κ2) is 5.85. The molecule has 5 heteroatoms. The molecule has 0 aromatic heterocycles. The lowest BCUT2D eigenvalue weighted by atomic mass is 10.1. The van der Waals surface area contributed by atoms with Crippen molar-refractivity contribution in [3.8, 4) is 0 Å². The van der Waals surface area contributed by atoms with E-state index in [0.29, 0.717) is 25.5 Å². The molecule has 0 spiro atoms. The van der Waals surface area contributed by atoms with Gasteiger partial charge in [-0.05, 0) is 39.0 Å². The van der Waals surface area contributed by atoms with Crippen LogP contribution >= 0.6 is 0 Å². The molecule has 3 atom stereocenters. The van der Waals surface area contributed by atoms with E-state index in [1.807, 2.05) is 13.8 Å². The molecule has 2 aliphatic rings. The van der Waals surface area contributed by atoms with E-state index in [9.17, 15) is 9.59 Å². The van der Waals surface area contributed by atoms with E-state index < -0.39 is 6.04 Å². The standard InChI is InChI=1S/C15H23NO4/c1-4-19-9-7-13(17)12-6-5-8-16(12)14(18)20-15(3)10-11(15)2/h7,9,11-12H,4-6,8,10H2,1-3H3/b9-7-. The topological polar surface area (TPSA) is 55.8 Å². The van der Waals surface area contributed by atoms with Crippen LogP contribution < -0.4 is 0 Å². The Morgan fingerprint density at radius 2 is 2.15 bits per heavy atom. The van der Waals surface area contributed by atoms with E-state index in [0.717, 1.165) is 12.8 Å². The fourth-order valence-electron chi connectivity index (χ4n) is 2.55. The lowest BCUT2D eigenvalue weighted by Crippen LogP contribution is -2.41. The smallest absolute Gasteiger partial charge is 0.410 e. The zero-order chi connectivity index (χ0) is 14.8.